The quantitative estimate of drug-likeness (QED) is 0.555. The number of hydrogen-bond donors (Lipinski definition) is 1. The second-order valence-corrected chi connectivity index (χ2v) is 7.88. The summed E-state index contributed by atoms with van der Waals surface area (Å²) in [5.41, 5.74) is -0.645. The van der Waals surface area contributed by atoms with Crippen LogP contribution < -0.4 is 5.32 Å². The SMILES string of the molecule is CC(C)N(C(=O)[C@@H](C)OC(=O)CN1C(=O)N[C@@](C)(c2ccccc2)C1=O)C(C)C. The molecule has 1 fully saturated rings. The van der Waals surface area contributed by atoms with Crippen LogP contribution in [0.15, 0.2) is 30.3 Å². The van der Waals surface area contributed by atoms with E-state index < -0.39 is 36.1 Å². The molecule has 1 saturated heterocycles. The second kappa shape index (κ2) is 8.63. The van der Waals surface area contributed by atoms with Crippen LogP contribution in [0.1, 0.15) is 47.1 Å². The van der Waals surface area contributed by atoms with E-state index >= 15 is 0 Å². The van der Waals surface area contributed by atoms with Crippen LogP contribution >= 0.6 is 0 Å². The maximum Gasteiger partial charge on any atom is 0.327 e. The number of nitrogens with zero attached hydrogens (tertiary/aromatic N) is 2. The minimum Gasteiger partial charge on any atom is -0.451 e. The maximum absolute atomic E-state index is 12.8. The number of carbonyl (C=O) groups excluding carboxylic acids is 4. The largest absolute Gasteiger partial charge is 0.451 e. The molecule has 0 saturated carbocycles. The van der Waals surface area contributed by atoms with Crippen molar-refractivity contribution in [2.24, 2.45) is 0 Å². The first-order valence-electron chi connectivity index (χ1n) is 9.70. The van der Waals surface area contributed by atoms with E-state index in [4.69, 9.17) is 4.74 Å². The van der Waals surface area contributed by atoms with E-state index in [1.165, 1.54) is 6.92 Å². The number of amides is 4. The van der Waals surface area contributed by atoms with E-state index in [0.29, 0.717) is 5.56 Å². The Bertz CT molecular complexity index is 785. The summed E-state index contributed by atoms with van der Waals surface area (Å²) >= 11 is 0. The number of urea groups is 1. The zero-order valence-electron chi connectivity index (χ0n) is 17.8. The summed E-state index contributed by atoms with van der Waals surface area (Å²) in [6.07, 6.45) is -1.02. The van der Waals surface area contributed by atoms with E-state index in [1.54, 1.807) is 42.2 Å². The van der Waals surface area contributed by atoms with Crippen LogP contribution in [0.25, 0.3) is 0 Å². The molecule has 0 aliphatic carbocycles. The zero-order chi connectivity index (χ0) is 21.9. The lowest BCUT2D eigenvalue weighted by atomic mass is 9.92. The Morgan fingerprint density at radius 2 is 1.62 bits per heavy atom. The zero-order valence-corrected chi connectivity index (χ0v) is 17.8. The van der Waals surface area contributed by atoms with E-state index in [2.05, 4.69) is 5.32 Å². The maximum atomic E-state index is 12.8. The first-order chi connectivity index (χ1) is 13.5. The molecule has 1 aliphatic heterocycles. The van der Waals surface area contributed by atoms with Crippen molar-refractivity contribution in [3.8, 4) is 0 Å². The van der Waals surface area contributed by atoms with Gasteiger partial charge in [0.1, 0.15) is 12.1 Å². The van der Waals surface area contributed by atoms with Gasteiger partial charge in [-0.15, -0.1) is 0 Å². The van der Waals surface area contributed by atoms with Gasteiger partial charge in [-0.1, -0.05) is 30.3 Å². The number of esters is 1. The Morgan fingerprint density at radius 3 is 2.14 bits per heavy atom. The topological polar surface area (TPSA) is 96.0 Å². The Balaban J connectivity index is 2.06. The Labute approximate surface area is 171 Å². The molecule has 1 heterocycles. The van der Waals surface area contributed by atoms with Gasteiger partial charge in [0.15, 0.2) is 6.10 Å². The summed E-state index contributed by atoms with van der Waals surface area (Å²) in [5.74, 6) is -1.69. The molecule has 29 heavy (non-hydrogen) atoms. The molecule has 4 amide bonds. The molecule has 1 aliphatic rings. The van der Waals surface area contributed by atoms with E-state index in [1.807, 2.05) is 27.7 Å². The van der Waals surface area contributed by atoms with Crippen LogP contribution in [-0.4, -0.2) is 58.3 Å². The molecule has 2 atom stereocenters. The molecule has 0 aromatic heterocycles. The van der Waals surface area contributed by atoms with Crippen molar-refractivity contribution in [3.05, 3.63) is 35.9 Å². The van der Waals surface area contributed by atoms with Gasteiger partial charge in [-0.2, -0.15) is 0 Å². The lowest BCUT2D eigenvalue weighted by molar-refractivity contribution is -0.162. The minimum atomic E-state index is -1.26. The molecule has 0 radical (unpaired) electrons. The molecule has 8 heteroatoms. The molecular formula is C21H29N3O5. The number of nitrogens with one attached hydrogen (secondary N) is 1. The van der Waals surface area contributed by atoms with Crippen molar-refractivity contribution in [2.75, 3.05) is 6.54 Å². The van der Waals surface area contributed by atoms with Crippen molar-refractivity contribution >= 4 is 23.8 Å². The molecule has 0 bridgehead atoms. The fourth-order valence-electron chi connectivity index (χ4n) is 3.54. The summed E-state index contributed by atoms with van der Waals surface area (Å²) in [6, 6.07) is 8.00. The molecule has 0 unspecified atom stereocenters. The first kappa shape index (κ1) is 22.4. The van der Waals surface area contributed by atoms with Gasteiger partial charge in [0, 0.05) is 12.1 Å². The highest BCUT2D eigenvalue weighted by Crippen LogP contribution is 2.28. The summed E-state index contributed by atoms with van der Waals surface area (Å²) in [7, 11) is 0. The Hall–Kier alpha value is -2.90. The summed E-state index contributed by atoms with van der Waals surface area (Å²) in [6.45, 7) is 10.0. The van der Waals surface area contributed by atoms with Crippen molar-refractivity contribution in [3.63, 3.8) is 0 Å². The van der Waals surface area contributed by atoms with Gasteiger partial charge >= 0.3 is 12.0 Å². The third-order valence-electron chi connectivity index (χ3n) is 4.94. The lowest BCUT2D eigenvalue weighted by Gasteiger charge is -2.32. The third-order valence-corrected chi connectivity index (χ3v) is 4.94. The Morgan fingerprint density at radius 1 is 1.07 bits per heavy atom. The number of rotatable bonds is 7. The van der Waals surface area contributed by atoms with Crippen molar-refractivity contribution in [1.29, 1.82) is 0 Å². The van der Waals surface area contributed by atoms with Gasteiger partial charge in [0.05, 0.1) is 0 Å². The summed E-state index contributed by atoms with van der Waals surface area (Å²) in [5, 5.41) is 2.63. The first-order valence-corrected chi connectivity index (χ1v) is 9.70. The van der Waals surface area contributed by atoms with Crippen molar-refractivity contribution < 1.29 is 23.9 Å². The second-order valence-electron chi connectivity index (χ2n) is 7.88. The lowest BCUT2D eigenvalue weighted by Crippen LogP contribution is -2.48. The molecule has 0 spiro atoms. The Kier molecular flexibility index (Phi) is 6.66. The molecule has 8 nitrogen and oxygen atoms in total. The number of benzene rings is 1. The van der Waals surface area contributed by atoms with Crippen LogP contribution in [-0.2, 0) is 24.7 Å². The summed E-state index contributed by atoms with van der Waals surface area (Å²) < 4.78 is 5.22. The van der Waals surface area contributed by atoms with Gasteiger partial charge in [-0.05, 0) is 47.1 Å². The predicted molar refractivity (Wildman–Crippen MR) is 107 cm³/mol. The molecule has 1 aromatic carbocycles. The van der Waals surface area contributed by atoms with Crippen LogP contribution in [0.5, 0.6) is 0 Å². The normalized spacial score (nSPS) is 20.1. The number of carbonyl (C=O) groups is 4. The average molecular weight is 403 g/mol. The van der Waals surface area contributed by atoms with Crippen LogP contribution in [0.2, 0.25) is 0 Å². The number of imide groups is 1. The van der Waals surface area contributed by atoms with Gasteiger partial charge in [0.2, 0.25) is 0 Å². The van der Waals surface area contributed by atoms with Crippen LogP contribution in [0.4, 0.5) is 4.79 Å². The smallest absolute Gasteiger partial charge is 0.327 e. The highest BCUT2D eigenvalue weighted by atomic mass is 16.5. The van der Waals surface area contributed by atoms with Gasteiger partial charge in [0.25, 0.3) is 11.8 Å². The number of hydrogen-bond acceptors (Lipinski definition) is 5. The third kappa shape index (κ3) is 4.58. The molecule has 158 valence electrons. The molecule has 1 N–H and O–H groups in total. The highest BCUT2D eigenvalue weighted by molar-refractivity contribution is 6.08. The highest BCUT2D eigenvalue weighted by Gasteiger charge is 2.49. The minimum absolute atomic E-state index is 0.0545. The molecule has 1 aromatic rings. The van der Waals surface area contributed by atoms with E-state index in [0.717, 1.165) is 4.90 Å². The van der Waals surface area contributed by atoms with E-state index in [9.17, 15) is 19.2 Å². The average Bonchev–Trinajstić information content (AvgIpc) is 2.86. The van der Waals surface area contributed by atoms with Crippen LogP contribution in [0.3, 0.4) is 0 Å². The van der Waals surface area contributed by atoms with E-state index in [-0.39, 0.29) is 18.0 Å². The van der Waals surface area contributed by atoms with Crippen molar-refractivity contribution in [2.45, 2.75) is 65.3 Å². The predicted octanol–water partition coefficient (Wildman–Crippen LogP) is 2.03. The monoisotopic (exact) mass is 403 g/mol. The van der Waals surface area contributed by atoms with Gasteiger partial charge in [-0.3, -0.25) is 19.3 Å². The summed E-state index contributed by atoms with van der Waals surface area (Å²) in [4.78, 5) is 52.6. The van der Waals surface area contributed by atoms with Gasteiger partial charge < -0.3 is 15.0 Å². The molecule has 2 rings (SSSR count). The fourth-order valence-corrected chi connectivity index (χ4v) is 3.54. The number of ether oxygens (including phenoxy) is 1. The fraction of sp³-hybridized carbons (Fsp3) is 0.524. The van der Waals surface area contributed by atoms with Gasteiger partial charge in [-0.25, -0.2) is 4.79 Å². The molecular weight excluding hydrogens is 374 g/mol. The van der Waals surface area contributed by atoms with Crippen LogP contribution in [0, 0.1) is 0 Å². The van der Waals surface area contributed by atoms with Crippen molar-refractivity contribution in [1.82, 2.24) is 15.1 Å². The standard InChI is InChI=1S/C21H29N3O5/c1-13(2)24(14(3)4)18(26)15(5)29-17(25)12-23-19(27)21(6,22-20(23)28)16-10-8-7-9-11-16/h7-11,13-15H,12H2,1-6H3,(H,22,28)/t15-,21+/m1/s1.